The molecule has 5 nitrogen and oxygen atoms in total. The van der Waals surface area contributed by atoms with E-state index in [0.717, 1.165) is 37.1 Å². The first-order valence-electron chi connectivity index (χ1n) is 9.68. The predicted octanol–water partition coefficient (Wildman–Crippen LogP) is 4.28. The number of nitrogens with one attached hydrogen (secondary N) is 1. The number of rotatable bonds is 4. The molecule has 0 radical (unpaired) electrons. The molecule has 0 unspecified atom stereocenters. The summed E-state index contributed by atoms with van der Waals surface area (Å²) in [5, 5.41) is 0. The Kier molecular flexibility index (Phi) is 5.79. The zero-order valence-corrected chi connectivity index (χ0v) is 17.8. The van der Waals surface area contributed by atoms with Crippen LogP contribution in [0, 0.1) is 26.7 Å². The Morgan fingerprint density at radius 1 is 1.11 bits per heavy atom. The van der Waals surface area contributed by atoms with Crippen LogP contribution < -0.4 is 4.72 Å². The second-order valence-electron chi connectivity index (χ2n) is 7.83. The first-order valence-corrected chi connectivity index (χ1v) is 11.2. The van der Waals surface area contributed by atoms with Gasteiger partial charge in [0.1, 0.15) is 0 Å². The minimum Gasteiger partial charge on any atom is -0.338 e. The SMILES string of the molecule is Cc1ccc(C(=O)N2CCC[C@@H](C)C2)cc1S(=O)(=O)Nc1cccc(C)c1C. The number of amides is 1. The first kappa shape index (κ1) is 20.4. The number of hydrogen-bond acceptors (Lipinski definition) is 3. The van der Waals surface area contributed by atoms with Crippen LogP contribution in [0.3, 0.4) is 0 Å². The van der Waals surface area contributed by atoms with Crippen LogP contribution in [0.25, 0.3) is 0 Å². The standard InChI is InChI=1S/C22H28N2O3S/c1-15-7-6-12-24(14-15)22(25)19-11-10-17(3)21(13-19)28(26,27)23-20-9-5-8-16(2)18(20)4/h5,8-11,13,15,23H,6-7,12,14H2,1-4H3/t15-/m1/s1. The van der Waals surface area contributed by atoms with Crippen molar-refractivity contribution in [2.24, 2.45) is 5.92 Å². The summed E-state index contributed by atoms with van der Waals surface area (Å²) in [5.41, 5.74) is 3.49. The molecule has 0 saturated carbocycles. The number of aryl methyl sites for hydroxylation is 2. The Bertz CT molecular complexity index is 999. The minimum absolute atomic E-state index is 0.102. The highest BCUT2D eigenvalue weighted by molar-refractivity contribution is 7.92. The maximum absolute atomic E-state index is 13.1. The van der Waals surface area contributed by atoms with Gasteiger partial charge in [-0.15, -0.1) is 0 Å². The number of benzene rings is 2. The number of nitrogens with zero attached hydrogens (tertiary/aromatic N) is 1. The van der Waals surface area contributed by atoms with Crippen molar-refractivity contribution in [3.8, 4) is 0 Å². The molecule has 1 amide bonds. The molecule has 0 spiro atoms. The monoisotopic (exact) mass is 400 g/mol. The molecule has 1 atom stereocenters. The summed E-state index contributed by atoms with van der Waals surface area (Å²) >= 11 is 0. The molecular weight excluding hydrogens is 372 g/mol. The second kappa shape index (κ2) is 7.95. The Morgan fingerprint density at radius 3 is 2.57 bits per heavy atom. The van der Waals surface area contributed by atoms with E-state index in [-0.39, 0.29) is 10.8 Å². The van der Waals surface area contributed by atoms with Crippen LogP contribution in [-0.2, 0) is 10.0 Å². The van der Waals surface area contributed by atoms with Crippen molar-refractivity contribution in [3.05, 3.63) is 58.7 Å². The zero-order valence-electron chi connectivity index (χ0n) is 17.0. The Morgan fingerprint density at radius 2 is 1.86 bits per heavy atom. The fourth-order valence-electron chi connectivity index (χ4n) is 3.64. The minimum atomic E-state index is -3.80. The van der Waals surface area contributed by atoms with Crippen LogP contribution in [-0.4, -0.2) is 32.3 Å². The molecule has 28 heavy (non-hydrogen) atoms. The van der Waals surface area contributed by atoms with Gasteiger partial charge in [-0.1, -0.05) is 25.1 Å². The van der Waals surface area contributed by atoms with E-state index >= 15 is 0 Å². The molecule has 150 valence electrons. The number of carbonyl (C=O) groups excluding carboxylic acids is 1. The number of anilines is 1. The number of piperidine rings is 1. The van der Waals surface area contributed by atoms with Crippen LogP contribution in [0.2, 0.25) is 0 Å². The van der Waals surface area contributed by atoms with Crippen molar-refractivity contribution >= 4 is 21.6 Å². The predicted molar refractivity (Wildman–Crippen MR) is 112 cm³/mol. The quantitative estimate of drug-likeness (QED) is 0.833. The average molecular weight is 401 g/mol. The summed E-state index contributed by atoms with van der Waals surface area (Å²) in [5.74, 6) is 0.368. The summed E-state index contributed by atoms with van der Waals surface area (Å²) in [6, 6.07) is 10.4. The van der Waals surface area contributed by atoms with E-state index in [1.54, 1.807) is 25.1 Å². The van der Waals surface area contributed by atoms with Crippen molar-refractivity contribution in [1.29, 1.82) is 0 Å². The van der Waals surface area contributed by atoms with E-state index in [1.807, 2.05) is 30.9 Å². The Hall–Kier alpha value is -2.34. The van der Waals surface area contributed by atoms with Crippen molar-refractivity contribution < 1.29 is 13.2 Å². The van der Waals surface area contributed by atoms with Crippen molar-refractivity contribution in [1.82, 2.24) is 4.90 Å². The van der Waals surface area contributed by atoms with E-state index < -0.39 is 10.0 Å². The van der Waals surface area contributed by atoms with Crippen molar-refractivity contribution in [3.63, 3.8) is 0 Å². The van der Waals surface area contributed by atoms with Gasteiger partial charge in [-0.3, -0.25) is 9.52 Å². The number of hydrogen-bond donors (Lipinski definition) is 1. The van der Waals surface area contributed by atoms with Gasteiger partial charge >= 0.3 is 0 Å². The largest absolute Gasteiger partial charge is 0.338 e. The average Bonchev–Trinajstić information content (AvgIpc) is 2.65. The van der Waals surface area contributed by atoms with Crippen LogP contribution >= 0.6 is 0 Å². The molecule has 1 saturated heterocycles. The summed E-state index contributed by atoms with van der Waals surface area (Å²) in [6.45, 7) is 9.15. The molecule has 1 N–H and O–H groups in total. The fraction of sp³-hybridized carbons (Fsp3) is 0.409. The molecule has 1 aliphatic rings. The summed E-state index contributed by atoms with van der Waals surface area (Å²) in [7, 11) is -3.80. The van der Waals surface area contributed by atoms with Crippen LogP contribution in [0.15, 0.2) is 41.3 Å². The molecule has 6 heteroatoms. The summed E-state index contributed by atoms with van der Waals surface area (Å²) in [4.78, 5) is 14.9. The highest BCUT2D eigenvalue weighted by Gasteiger charge is 2.25. The lowest BCUT2D eigenvalue weighted by atomic mass is 9.99. The van der Waals surface area contributed by atoms with Gasteiger partial charge in [0.25, 0.3) is 15.9 Å². The molecule has 1 fully saturated rings. The van der Waals surface area contributed by atoms with Crippen LogP contribution in [0.1, 0.15) is 46.8 Å². The molecule has 0 aliphatic carbocycles. The van der Waals surface area contributed by atoms with Gasteiger partial charge < -0.3 is 4.90 Å². The summed E-state index contributed by atoms with van der Waals surface area (Å²) < 4.78 is 28.8. The molecule has 2 aromatic rings. The van der Waals surface area contributed by atoms with Gasteiger partial charge in [0.2, 0.25) is 0 Å². The number of likely N-dealkylation sites (tertiary alicyclic amines) is 1. The Labute approximate surface area is 167 Å². The molecule has 0 bridgehead atoms. The highest BCUT2D eigenvalue weighted by Crippen LogP contribution is 2.25. The normalized spacial score (nSPS) is 17.4. The van der Waals surface area contributed by atoms with E-state index in [1.165, 1.54) is 6.07 Å². The van der Waals surface area contributed by atoms with Crippen LogP contribution in [0.4, 0.5) is 5.69 Å². The van der Waals surface area contributed by atoms with Gasteiger partial charge in [0.05, 0.1) is 10.6 Å². The fourth-order valence-corrected chi connectivity index (χ4v) is 5.04. The zero-order chi connectivity index (χ0) is 20.5. The van der Waals surface area contributed by atoms with Gasteiger partial charge in [0.15, 0.2) is 0 Å². The third kappa shape index (κ3) is 4.22. The maximum atomic E-state index is 13.1. The van der Waals surface area contributed by atoms with E-state index in [4.69, 9.17) is 0 Å². The van der Waals surface area contributed by atoms with Gasteiger partial charge in [-0.25, -0.2) is 8.42 Å². The molecular formula is C22H28N2O3S. The maximum Gasteiger partial charge on any atom is 0.262 e. The van der Waals surface area contributed by atoms with E-state index in [2.05, 4.69) is 11.6 Å². The number of sulfonamides is 1. The molecule has 0 aromatic heterocycles. The van der Waals surface area contributed by atoms with Gasteiger partial charge in [-0.05, 0) is 74.4 Å². The van der Waals surface area contributed by atoms with Crippen molar-refractivity contribution in [2.45, 2.75) is 45.4 Å². The third-order valence-electron chi connectivity index (χ3n) is 5.52. The molecule has 2 aromatic carbocycles. The highest BCUT2D eigenvalue weighted by atomic mass is 32.2. The topological polar surface area (TPSA) is 66.5 Å². The lowest BCUT2D eigenvalue weighted by molar-refractivity contribution is 0.0683. The molecule has 3 rings (SSSR count). The van der Waals surface area contributed by atoms with Gasteiger partial charge in [-0.2, -0.15) is 0 Å². The lowest BCUT2D eigenvalue weighted by Gasteiger charge is -2.31. The smallest absolute Gasteiger partial charge is 0.262 e. The Balaban J connectivity index is 1.92. The molecule has 1 heterocycles. The third-order valence-corrected chi connectivity index (χ3v) is 7.03. The van der Waals surface area contributed by atoms with Crippen molar-refractivity contribution in [2.75, 3.05) is 17.8 Å². The summed E-state index contributed by atoms with van der Waals surface area (Å²) in [6.07, 6.45) is 2.11. The van der Waals surface area contributed by atoms with E-state index in [9.17, 15) is 13.2 Å². The number of carbonyl (C=O) groups is 1. The van der Waals surface area contributed by atoms with Gasteiger partial charge in [0, 0.05) is 18.7 Å². The van der Waals surface area contributed by atoms with E-state index in [0.29, 0.717) is 22.7 Å². The second-order valence-corrected chi connectivity index (χ2v) is 9.48. The first-order chi connectivity index (χ1) is 13.2. The van der Waals surface area contributed by atoms with Crippen LogP contribution in [0.5, 0.6) is 0 Å². The lowest BCUT2D eigenvalue weighted by Crippen LogP contribution is -2.39. The molecule has 1 aliphatic heterocycles.